The Morgan fingerprint density at radius 2 is 2.00 bits per heavy atom. The van der Waals surface area contributed by atoms with Crippen molar-refractivity contribution >= 4 is 22.7 Å². The molecular weight excluding hydrogens is 286 g/mol. The second kappa shape index (κ2) is 5.54. The highest BCUT2D eigenvalue weighted by Gasteiger charge is 2.23. The van der Waals surface area contributed by atoms with E-state index in [0.29, 0.717) is 0 Å². The van der Waals surface area contributed by atoms with Crippen molar-refractivity contribution < 1.29 is 13.7 Å². The largest absolute Gasteiger partial charge is 0.370 e. The van der Waals surface area contributed by atoms with Crippen LogP contribution in [0.2, 0.25) is 0 Å². The first-order chi connectivity index (χ1) is 9.40. The molecule has 0 aliphatic heterocycles. The van der Waals surface area contributed by atoms with Gasteiger partial charge in [0.05, 0.1) is 11.0 Å². The van der Waals surface area contributed by atoms with E-state index in [-0.39, 0.29) is 6.04 Å². The normalized spacial score (nSPS) is 12.2. The summed E-state index contributed by atoms with van der Waals surface area (Å²) in [6.07, 6.45) is 0. The molecule has 0 saturated heterocycles. The monoisotopic (exact) mass is 298 g/mol. The van der Waals surface area contributed by atoms with Crippen molar-refractivity contribution in [2.75, 3.05) is 5.32 Å². The van der Waals surface area contributed by atoms with Crippen molar-refractivity contribution in [2.45, 2.75) is 19.9 Å². The van der Waals surface area contributed by atoms with Crippen molar-refractivity contribution in [3.05, 3.63) is 55.8 Å². The van der Waals surface area contributed by atoms with Gasteiger partial charge in [0.25, 0.3) is 5.69 Å². The number of anilines is 1. The van der Waals surface area contributed by atoms with Crippen molar-refractivity contribution in [1.82, 2.24) is 0 Å². The van der Waals surface area contributed by atoms with E-state index in [0.717, 1.165) is 21.9 Å². The molecule has 1 unspecified atom stereocenters. The number of thiophene rings is 1. The van der Waals surface area contributed by atoms with Crippen molar-refractivity contribution in [2.24, 2.45) is 0 Å². The molecule has 4 nitrogen and oxygen atoms in total. The Balaban J connectivity index is 2.37. The van der Waals surface area contributed by atoms with Gasteiger partial charge in [-0.3, -0.25) is 10.1 Å². The van der Waals surface area contributed by atoms with Gasteiger partial charge in [0, 0.05) is 15.8 Å². The number of nitro benzene ring substituents is 1. The second-order valence-corrected chi connectivity index (χ2v) is 5.65. The van der Waals surface area contributed by atoms with Gasteiger partial charge in [0.2, 0.25) is 0 Å². The number of hydrogen-bond donors (Lipinski definition) is 1. The maximum Gasteiger partial charge on any atom is 0.295 e. The third kappa shape index (κ3) is 2.77. The van der Waals surface area contributed by atoms with Crippen LogP contribution in [0.3, 0.4) is 0 Å². The Hall–Kier alpha value is -2.02. The highest BCUT2D eigenvalue weighted by molar-refractivity contribution is 7.12. The average Bonchev–Trinajstić information content (AvgIpc) is 2.81. The lowest BCUT2D eigenvalue weighted by atomic mass is 10.2. The standard InChI is InChI=1S/C13H12F2N2O2S/c1-7-3-6-11(20-7)8(2)16-13-10(17(18)19)5-4-9(14)12(13)15/h3-6,8,16H,1-2H3. The van der Waals surface area contributed by atoms with Crippen LogP contribution in [0.5, 0.6) is 0 Å². The molecule has 1 aromatic heterocycles. The predicted molar refractivity (Wildman–Crippen MR) is 74.1 cm³/mol. The molecule has 1 heterocycles. The summed E-state index contributed by atoms with van der Waals surface area (Å²) in [6.45, 7) is 3.66. The summed E-state index contributed by atoms with van der Waals surface area (Å²) in [7, 11) is 0. The maximum absolute atomic E-state index is 13.8. The summed E-state index contributed by atoms with van der Waals surface area (Å²) in [6, 6.07) is 5.09. The van der Waals surface area contributed by atoms with Crippen LogP contribution in [0.1, 0.15) is 22.7 Å². The van der Waals surface area contributed by atoms with Crippen LogP contribution in [0.4, 0.5) is 20.2 Å². The Morgan fingerprint density at radius 1 is 1.30 bits per heavy atom. The topological polar surface area (TPSA) is 55.2 Å². The maximum atomic E-state index is 13.8. The molecule has 0 spiro atoms. The molecule has 0 saturated carbocycles. The highest BCUT2D eigenvalue weighted by Crippen LogP contribution is 2.33. The first kappa shape index (κ1) is 14.4. The number of nitrogens with zero attached hydrogens (tertiary/aromatic N) is 1. The van der Waals surface area contributed by atoms with Crippen LogP contribution in [-0.2, 0) is 0 Å². The number of nitro groups is 1. The van der Waals surface area contributed by atoms with E-state index in [4.69, 9.17) is 0 Å². The first-order valence-corrected chi connectivity index (χ1v) is 6.67. The number of rotatable bonds is 4. The van der Waals surface area contributed by atoms with Crippen molar-refractivity contribution in [3.63, 3.8) is 0 Å². The predicted octanol–water partition coefficient (Wildman–Crippen LogP) is 4.42. The van der Waals surface area contributed by atoms with E-state index in [1.54, 1.807) is 6.92 Å². The molecule has 1 aromatic carbocycles. The highest BCUT2D eigenvalue weighted by atomic mass is 32.1. The van der Waals surface area contributed by atoms with Crippen LogP contribution in [0, 0.1) is 28.7 Å². The van der Waals surface area contributed by atoms with E-state index in [1.807, 2.05) is 19.1 Å². The summed E-state index contributed by atoms with van der Waals surface area (Å²) in [5.41, 5.74) is -0.905. The Kier molecular flexibility index (Phi) is 3.99. The number of halogens is 2. The summed E-state index contributed by atoms with van der Waals surface area (Å²) in [5.74, 6) is -2.35. The minimum absolute atomic E-state index is 0.358. The molecule has 2 rings (SSSR count). The molecule has 106 valence electrons. The van der Waals surface area contributed by atoms with Crippen molar-refractivity contribution in [3.8, 4) is 0 Å². The SMILES string of the molecule is Cc1ccc(C(C)Nc2c([N+](=O)[O-])ccc(F)c2F)s1. The molecule has 0 aliphatic rings. The zero-order chi connectivity index (χ0) is 14.9. The van der Waals surface area contributed by atoms with Gasteiger partial charge < -0.3 is 5.32 Å². The molecule has 0 radical (unpaired) electrons. The van der Waals surface area contributed by atoms with Gasteiger partial charge in [0.15, 0.2) is 17.3 Å². The molecule has 1 atom stereocenters. The average molecular weight is 298 g/mol. The van der Waals surface area contributed by atoms with E-state index >= 15 is 0 Å². The van der Waals surface area contributed by atoms with Gasteiger partial charge in [-0.05, 0) is 32.0 Å². The minimum Gasteiger partial charge on any atom is -0.370 e. The lowest BCUT2D eigenvalue weighted by Gasteiger charge is -2.14. The van der Waals surface area contributed by atoms with Gasteiger partial charge in [-0.1, -0.05) is 0 Å². The number of nitrogens with one attached hydrogen (secondary N) is 1. The summed E-state index contributed by atoms with van der Waals surface area (Å²) in [5, 5.41) is 13.6. The summed E-state index contributed by atoms with van der Waals surface area (Å²) in [4.78, 5) is 12.1. The van der Waals surface area contributed by atoms with E-state index in [9.17, 15) is 18.9 Å². The van der Waals surface area contributed by atoms with Crippen LogP contribution in [0.25, 0.3) is 0 Å². The molecule has 1 N–H and O–H groups in total. The number of hydrogen-bond acceptors (Lipinski definition) is 4. The van der Waals surface area contributed by atoms with E-state index < -0.39 is 27.9 Å². The first-order valence-electron chi connectivity index (χ1n) is 5.85. The van der Waals surface area contributed by atoms with Crippen LogP contribution in [-0.4, -0.2) is 4.92 Å². The van der Waals surface area contributed by atoms with Gasteiger partial charge in [-0.2, -0.15) is 0 Å². The fourth-order valence-electron chi connectivity index (χ4n) is 1.80. The number of aryl methyl sites for hydroxylation is 1. The van der Waals surface area contributed by atoms with Crippen LogP contribution >= 0.6 is 11.3 Å². The van der Waals surface area contributed by atoms with Gasteiger partial charge in [-0.25, -0.2) is 8.78 Å². The van der Waals surface area contributed by atoms with Crippen LogP contribution in [0.15, 0.2) is 24.3 Å². The zero-order valence-corrected chi connectivity index (χ0v) is 11.6. The molecule has 0 amide bonds. The molecule has 7 heteroatoms. The Bertz CT molecular complexity index is 658. The quantitative estimate of drug-likeness (QED) is 0.671. The second-order valence-electron chi connectivity index (χ2n) is 4.33. The summed E-state index contributed by atoms with van der Waals surface area (Å²) >= 11 is 1.49. The third-order valence-electron chi connectivity index (χ3n) is 2.82. The zero-order valence-electron chi connectivity index (χ0n) is 10.8. The third-order valence-corrected chi connectivity index (χ3v) is 4.00. The molecule has 0 aliphatic carbocycles. The van der Waals surface area contributed by atoms with Gasteiger partial charge in [0.1, 0.15) is 0 Å². The van der Waals surface area contributed by atoms with Gasteiger partial charge in [-0.15, -0.1) is 11.3 Å². The molecule has 2 aromatic rings. The molecule has 0 bridgehead atoms. The Labute approximate surface area is 118 Å². The number of benzene rings is 1. The van der Waals surface area contributed by atoms with Crippen molar-refractivity contribution in [1.29, 1.82) is 0 Å². The fraction of sp³-hybridized carbons (Fsp3) is 0.231. The summed E-state index contributed by atoms with van der Waals surface area (Å²) < 4.78 is 27.0. The lowest BCUT2D eigenvalue weighted by molar-refractivity contribution is -0.384. The van der Waals surface area contributed by atoms with E-state index in [1.165, 1.54) is 11.3 Å². The molecule has 0 fully saturated rings. The fourth-order valence-corrected chi connectivity index (χ4v) is 2.68. The lowest BCUT2D eigenvalue weighted by Crippen LogP contribution is -2.09. The molecule has 20 heavy (non-hydrogen) atoms. The van der Waals surface area contributed by atoms with E-state index in [2.05, 4.69) is 5.32 Å². The van der Waals surface area contributed by atoms with Crippen LogP contribution < -0.4 is 5.32 Å². The molecular formula is C13H12F2N2O2S. The van der Waals surface area contributed by atoms with Gasteiger partial charge >= 0.3 is 0 Å². The minimum atomic E-state index is -1.24. The smallest absolute Gasteiger partial charge is 0.295 e. The Morgan fingerprint density at radius 3 is 2.55 bits per heavy atom.